The second-order valence-corrected chi connectivity index (χ2v) is 9.73. The standard InChI is InChI=1S/C25H25N3O3S2/c1-4-21(23(29)26-18-6-5-7-19(14-18)31-3)33-25-27-20-12-13-32-22(20)24(30)28(25)15-17-10-8-16(2)9-11-17/h5-14,21H,4,15H2,1-3H3,(H,26,29)/t21-/m1/s1. The molecule has 4 aromatic rings. The van der Waals surface area contributed by atoms with E-state index in [0.29, 0.717) is 39.8 Å². The van der Waals surface area contributed by atoms with Gasteiger partial charge < -0.3 is 10.1 Å². The van der Waals surface area contributed by atoms with E-state index in [1.807, 2.05) is 67.8 Å². The lowest BCUT2D eigenvalue weighted by molar-refractivity contribution is -0.115. The molecule has 0 unspecified atom stereocenters. The Hall–Kier alpha value is -3.10. The van der Waals surface area contributed by atoms with Gasteiger partial charge in [0.25, 0.3) is 5.56 Å². The maximum Gasteiger partial charge on any atom is 0.272 e. The van der Waals surface area contributed by atoms with Gasteiger partial charge in [-0.2, -0.15) is 0 Å². The van der Waals surface area contributed by atoms with E-state index in [1.54, 1.807) is 17.7 Å². The molecule has 4 rings (SSSR count). The van der Waals surface area contributed by atoms with Crippen LogP contribution in [0.25, 0.3) is 10.2 Å². The molecule has 170 valence electrons. The largest absolute Gasteiger partial charge is 0.497 e. The van der Waals surface area contributed by atoms with Crippen LogP contribution in [-0.4, -0.2) is 27.8 Å². The van der Waals surface area contributed by atoms with Crippen molar-refractivity contribution in [3.63, 3.8) is 0 Å². The summed E-state index contributed by atoms with van der Waals surface area (Å²) in [6.07, 6.45) is 0.586. The first-order valence-corrected chi connectivity index (χ1v) is 12.4. The fraction of sp³-hybridized carbons (Fsp3) is 0.240. The number of hydrogen-bond donors (Lipinski definition) is 1. The van der Waals surface area contributed by atoms with Crippen LogP contribution in [0.5, 0.6) is 5.75 Å². The average Bonchev–Trinajstić information content (AvgIpc) is 3.30. The Morgan fingerprint density at radius 2 is 2.00 bits per heavy atom. The van der Waals surface area contributed by atoms with Gasteiger partial charge in [-0.3, -0.25) is 14.2 Å². The Morgan fingerprint density at radius 3 is 2.73 bits per heavy atom. The number of ether oxygens (including phenoxy) is 1. The van der Waals surface area contributed by atoms with Crippen LogP contribution in [0.4, 0.5) is 5.69 Å². The normalized spacial score (nSPS) is 12.0. The molecule has 0 fully saturated rings. The van der Waals surface area contributed by atoms with Gasteiger partial charge in [0.1, 0.15) is 10.4 Å². The Morgan fingerprint density at radius 1 is 1.21 bits per heavy atom. The molecule has 0 aliphatic carbocycles. The number of nitrogens with zero attached hydrogens (tertiary/aromatic N) is 2. The number of thioether (sulfide) groups is 1. The zero-order valence-corrected chi connectivity index (χ0v) is 20.3. The second-order valence-electron chi connectivity index (χ2n) is 7.64. The number of rotatable bonds is 8. The lowest BCUT2D eigenvalue weighted by Crippen LogP contribution is -2.28. The summed E-state index contributed by atoms with van der Waals surface area (Å²) in [5.41, 5.74) is 3.41. The minimum Gasteiger partial charge on any atom is -0.497 e. The van der Waals surface area contributed by atoms with Gasteiger partial charge in [0.15, 0.2) is 5.16 Å². The first-order chi connectivity index (χ1) is 16.0. The van der Waals surface area contributed by atoms with Crippen LogP contribution in [-0.2, 0) is 11.3 Å². The van der Waals surface area contributed by atoms with Crippen LogP contribution in [0.15, 0.2) is 69.9 Å². The van der Waals surface area contributed by atoms with Crippen LogP contribution >= 0.6 is 23.1 Å². The summed E-state index contributed by atoms with van der Waals surface area (Å²) < 4.78 is 7.54. The van der Waals surface area contributed by atoms with Crippen molar-refractivity contribution in [2.24, 2.45) is 0 Å². The summed E-state index contributed by atoms with van der Waals surface area (Å²) in [6, 6.07) is 17.2. The van der Waals surface area contributed by atoms with Crippen molar-refractivity contribution < 1.29 is 9.53 Å². The minimum absolute atomic E-state index is 0.0823. The number of fused-ring (bicyclic) bond motifs is 1. The van der Waals surface area contributed by atoms with Crippen LogP contribution in [0.2, 0.25) is 0 Å². The van der Waals surface area contributed by atoms with E-state index in [9.17, 15) is 9.59 Å². The van der Waals surface area contributed by atoms with E-state index in [2.05, 4.69) is 5.32 Å². The van der Waals surface area contributed by atoms with Gasteiger partial charge in [0.2, 0.25) is 5.91 Å². The molecule has 2 heterocycles. The molecule has 1 amide bonds. The van der Waals surface area contributed by atoms with E-state index in [-0.39, 0.29) is 11.5 Å². The fourth-order valence-corrected chi connectivity index (χ4v) is 5.19. The summed E-state index contributed by atoms with van der Waals surface area (Å²) in [5, 5.41) is 4.96. The molecular formula is C25H25N3O3S2. The highest BCUT2D eigenvalue weighted by atomic mass is 32.2. The number of benzene rings is 2. The number of methoxy groups -OCH3 is 1. The van der Waals surface area contributed by atoms with Gasteiger partial charge in [-0.15, -0.1) is 11.3 Å². The van der Waals surface area contributed by atoms with Crippen molar-refractivity contribution in [3.8, 4) is 5.75 Å². The first kappa shape index (κ1) is 23.1. The summed E-state index contributed by atoms with van der Waals surface area (Å²) in [4.78, 5) is 31.1. The molecule has 0 saturated heterocycles. The van der Waals surface area contributed by atoms with Gasteiger partial charge in [-0.05, 0) is 42.5 Å². The first-order valence-electron chi connectivity index (χ1n) is 10.6. The third-order valence-corrected chi connectivity index (χ3v) is 7.49. The quantitative estimate of drug-likeness (QED) is 0.273. The number of hydrogen-bond acceptors (Lipinski definition) is 6. The average molecular weight is 480 g/mol. The summed E-state index contributed by atoms with van der Waals surface area (Å²) in [5.74, 6) is 0.530. The van der Waals surface area contributed by atoms with E-state index in [0.717, 1.165) is 11.1 Å². The highest BCUT2D eigenvalue weighted by molar-refractivity contribution is 8.00. The lowest BCUT2D eigenvalue weighted by Gasteiger charge is -2.18. The monoisotopic (exact) mass is 479 g/mol. The number of amides is 1. The Kier molecular flexibility index (Phi) is 7.15. The fourth-order valence-electron chi connectivity index (χ4n) is 3.40. The van der Waals surface area contributed by atoms with Crippen molar-refractivity contribution in [2.45, 2.75) is 37.2 Å². The van der Waals surface area contributed by atoms with E-state index in [4.69, 9.17) is 9.72 Å². The number of aryl methyl sites for hydroxylation is 1. The van der Waals surface area contributed by atoms with Gasteiger partial charge >= 0.3 is 0 Å². The predicted octanol–water partition coefficient (Wildman–Crippen LogP) is 5.33. The van der Waals surface area contributed by atoms with Crippen LogP contribution < -0.4 is 15.6 Å². The molecule has 0 bridgehead atoms. The van der Waals surface area contributed by atoms with Gasteiger partial charge in [-0.1, -0.05) is 54.6 Å². The third-order valence-electron chi connectivity index (χ3n) is 5.24. The Bertz CT molecular complexity index is 1330. The van der Waals surface area contributed by atoms with Crippen LogP contribution in [0.1, 0.15) is 24.5 Å². The number of carbonyl (C=O) groups is 1. The highest BCUT2D eigenvalue weighted by Gasteiger charge is 2.23. The molecule has 2 aromatic heterocycles. The molecule has 0 saturated carbocycles. The Balaban J connectivity index is 1.64. The van der Waals surface area contributed by atoms with Gasteiger partial charge in [-0.25, -0.2) is 4.98 Å². The van der Waals surface area contributed by atoms with Crippen LogP contribution in [0.3, 0.4) is 0 Å². The van der Waals surface area contributed by atoms with Crippen molar-refractivity contribution in [1.29, 1.82) is 0 Å². The summed E-state index contributed by atoms with van der Waals surface area (Å²) in [6.45, 7) is 4.38. The number of nitrogens with one attached hydrogen (secondary N) is 1. The molecule has 0 aliphatic heterocycles. The molecule has 0 radical (unpaired) electrons. The van der Waals surface area contributed by atoms with Crippen molar-refractivity contribution in [3.05, 3.63) is 81.5 Å². The molecule has 33 heavy (non-hydrogen) atoms. The second kappa shape index (κ2) is 10.2. The van der Waals surface area contributed by atoms with Crippen molar-refractivity contribution >= 4 is 44.9 Å². The number of thiophene rings is 1. The zero-order valence-electron chi connectivity index (χ0n) is 18.7. The molecular weight excluding hydrogens is 454 g/mol. The molecule has 6 nitrogen and oxygen atoms in total. The minimum atomic E-state index is -0.413. The van der Waals surface area contributed by atoms with Crippen molar-refractivity contribution in [2.75, 3.05) is 12.4 Å². The van der Waals surface area contributed by atoms with E-state index >= 15 is 0 Å². The highest BCUT2D eigenvalue weighted by Crippen LogP contribution is 2.28. The number of anilines is 1. The smallest absolute Gasteiger partial charge is 0.272 e. The molecule has 0 spiro atoms. The maximum atomic E-state index is 13.3. The van der Waals surface area contributed by atoms with E-state index in [1.165, 1.54) is 23.1 Å². The van der Waals surface area contributed by atoms with Gasteiger partial charge in [0.05, 0.1) is 24.4 Å². The Labute approximate surface area is 200 Å². The molecule has 1 N–H and O–H groups in total. The molecule has 0 aliphatic rings. The third kappa shape index (κ3) is 5.29. The van der Waals surface area contributed by atoms with Gasteiger partial charge in [0, 0.05) is 11.8 Å². The SMILES string of the molecule is CC[C@@H](Sc1nc2ccsc2c(=O)n1Cc1ccc(C)cc1)C(=O)Nc1cccc(OC)c1. The number of carbonyl (C=O) groups excluding carboxylic acids is 1. The van der Waals surface area contributed by atoms with Crippen LogP contribution in [0, 0.1) is 6.92 Å². The maximum absolute atomic E-state index is 13.3. The lowest BCUT2D eigenvalue weighted by atomic mass is 10.1. The topological polar surface area (TPSA) is 73.2 Å². The summed E-state index contributed by atoms with van der Waals surface area (Å²) in [7, 11) is 1.59. The number of aromatic nitrogens is 2. The molecule has 1 atom stereocenters. The van der Waals surface area contributed by atoms with Crippen molar-refractivity contribution in [1.82, 2.24) is 9.55 Å². The van der Waals surface area contributed by atoms with E-state index < -0.39 is 5.25 Å². The molecule has 2 aromatic carbocycles. The predicted molar refractivity (Wildman–Crippen MR) is 136 cm³/mol. The molecule has 8 heteroatoms. The zero-order chi connectivity index (χ0) is 23.4. The summed E-state index contributed by atoms with van der Waals surface area (Å²) >= 11 is 2.71.